The number of pyridine rings is 1. The molecule has 1 aromatic carbocycles. The molecule has 0 bridgehead atoms. The Labute approximate surface area is 174 Å². The number of carbonyl (C=O) groups is 1. The lowest BCUT2D eigenvalue weighted by Gasteiger charge is -2.28. The molecule has 0 saturated carbocycles. The Morgan fingerprint density at radius 2 is 1.59 bits per heavy atom. The van der Waals surface area contributed by atoms with Gasteiger partial charge in [0.2, 0.25) is 5.91 Å². The minimum absolute atomic E-state index is 0.0453. The van der Waals surface area contributed by atoms with E-state index in [1.807, 2.05) is 31.2 Å². The summed E-state index contributed by atoms with van der Waals surface area (Å²) >= 11 is 0. The number of amides is 1. The zero-order valence-electron chi connectivity index (χ0n) is 18.8. The molecule has 2 rings (SSSR count). The van der Waals surface area contributed by atoms with E-state index in [0.717, 1.165) is 28.1 Å². The number of aromatic hydroxyl groups is 1. The second kappa shape index (κ2) is 8.44. The van der Waals surface area contributed by atoms with Crippen LogP contribution in [0.5, 0.6) is 5.75 Å². The summed E-state index contributed by atoms with van der Waals surface area (Å²) in [6, 6.07) is 7.59. The molecule has 0 atom stereocenters. The fourth-order valence-corrected chi connectivity index (χ4v) is 3.40. The molecule has 0 aliphatic carbocycles. The van der Waals surface area contributed by atoms with Crippen LogP contribution >= 0.6 is 0 Å². The Hall–Kier alpha value is -2.56. The highest BCUT2D eigenvalue weighted by Crippen LogP contribution is 2.41. The van der Waals surface area contributed by atoms with Crippen LogP contribution in [0, 0.1) is 6.92 Å². The first-order valence-corrected chi connectivity index (χ1v) is 10.2. The number of nitrogens with two attached hydrogens (primary N) is 1. The summed E-state index contributed by atoms with van der Waals surface area (Å²) in [5.74, 6) is 0.778. The predicted molar refractivity (Wildman–Crippen MR) is 120 cm³/mol. The van der Waals surface area contributed by atoms with E-state index in [2.05, 4.69) is 51.8 Å². The summed E-state index contributed by atoms with van der Waals surface area (Å²) in [5, 5.41) is 13.8. The highest BCUT2D eigenvalue weighted by molar-refractivity contribution is 5.91. The lowest BCUT2D eigenvalue weighted by Crippen LogP contribution is -2.19. The number of hydrogen-bond acceptors (Lipinski definition) is 4. The molecule has 0 spiro atoms. The van der Waals surface area contributed by atoms with Gasteiger partial charge in [0.25, 0.3) is 0 Å². The first-order chi connectivity index (χ1) is 13.3. The standard InChI is InChI=1S/C24H35N3O2/c1-15-11-16(26-20(25)12-15)9-8-10-21(28)27-17-13-18(23(2,3)4)22(29)19(14-17)24(5,6)7/h11-14,29H,8-10H2,1-7H3,(H2,25,26)(H,27,28). The number of nitrogens with zero attached hydrogens (tertiary/aromatic N) is 1. The number of phenolic OH excluding ortho intramolecular Hbond substituents is 1. The van der Waals surface area contributed by atoms with Crippen molar-refractivity contribution in [1.29, 1.82) is 0 Å². The Kier molecular flexibility index (Phi) is 6.61. The molecule has 1 aromatic heterocycles. The average molecular weight is 398 g/mol. The molecule has 4 N–H and O–H groups in total. The SMILES string of the molecule is Cc1cc(N)nc(CCCC(=O)Nc2cc(C(C)(C)C)c(O)c(C(C)(C)C)c2)c1. The number of benzene rings is 1. The minimum Gasteiger partial charge on any atom is -0.507 e. The zero-order valence-corrected chi connectivity index (χ0v) is 18.8. The summed E-state index contributed by atoms with van der Waals surface area (Å²) in [5.41, 5.74) is 9.69. The van der Waals surface area contributed by atoms with E-state index in [1.54, 1.807) is 0 Å². The van der Waals surface area contributed by atoms with Crippen LogP contribution in [0.25, 0.3) is 0 Å². The summed E-state index contributed by atoms with van der Waals surface area (Å²) < 4.78 is 0. The lowest BCUT2D eigenvalue weighted by atomic mass is 9.79. The Morgan fingerprint density at radius 1 is 1.03 bits per heavy atom. The molecule has 29 heavy (non-hydrogen) atoms. The van der Waals surface area contributed by atoms with Gasteiger partial charge in [-0.25, -0.2) is 4.98 Å². The van der Waals surface area contributed by atoms with Crippen molar-refractivity contribution in [1.82, 2.24) is 4.98 Å². The van der Waals surface area contributed by atoms with Crippen LogP contribution in [-0.2, 0) is 22.0 Å². The molecule has 0 aliphatic heterocycles. The number of nitrogen functional groups attached to an aromatic ring is 1. The van der Waals surface area contributed by atoms with Crippen LogP contribution in [0.1, 0.15) is 76.8 Å². The molecule has 158 valence electrons. The Bertz CT molecular complexity index is 835. The number of aromatic nitrogens is 1. The monoisotopic (exact) mass is 397 g/mol. The number of hydrogen-bond donors (Lipinski definition) is 3. The largest absolute Gasteiger partial charge is 0.507 e. The van der Waals surface area contributed by atoms with E-state index in [0.29, 0.717) is 30.8 Å². The first-order valence-electron chi connectivity index (χ1n) is 10.2. The summed E-state index contributed by atoms with van der Waals surface area (Å²) in [6.07, 6.45) is 1.79. The van der Waals surface area contributed by atoms with Gasteiger partial charge in [0.05, 0.1) is 0 Å². The molecular formula is C24H35N3O2. The maximum atomic E-state index is 12.5. The van der Waals surface area contributed by atoms with Crippen LogP contribution < -0.4 is 11.1 Å². The van der Waals surface area contributed by atoms with Crippen molar-refractivity contribution in [3.05, 3.63) is 46.6 Å². The van der Waals surface area contributed by atoms with Gasteiger partial charge in [-0.2, -0.15) is 0 Å². The first kappa shape index (κ1) is 22.7. The maximum absolute atomic E-state index is 12.5. The highest BCUT2D eigenvalue weighted by Gasteiger charge is 2.26. The molecule has 5 nitrogen and oxygen atoms in total. The van der Waals surface area contributed by atoms with Crippen molar-refractivity contribution in [2.24, 2.45) is 0 Å². The van der Waals surface area contributed by atoms with Gasteiger partial charge in [0, 0.05) is 28.9 Å². The molecule has 1 amide bonds. The number of aryl methyl sites for hydroxylation is 2. The Morgan fingerprint density at radius 3 is 2.07 bits per heavy atom. The molecule has 0 saturated heterocycles. The van der Waals surface area contributed by atoms with E-state index in [1.165, 1.54) is 0 Å². The average Bonchev–Trinajstić information content (AvgIpc) is 2.53. The predicted octanol–water partition coefficient (Wildman–Crippen LogP) is 5.23. The van der Waals surface area contributed by atoms with Gasteiger partial charge in [-0.1, -0.05) is 41.5 Å². The molecule has 0 unspecified atom stereocenters. The molecule has 1 heterocycles. The van der Waals surface area contributed by atoms with Gasteiger partial charge in [0.1, 0.15) is 11.6 Å². The molecule has 2 aromatic rings. The smallest absolute Gasteiger partial charge is 0.224 e. The fourth-order valence-electron chi connectivity index (χ4n) is 3.40. The van der Waals surface area contributed by atoms with Crippen LogP contribution in [0.3, 0.4) is 0 Å². The van der Waals surface area contributed by atoms with E-state index in [4.69, 9.17) is 5.73 Å². The maximum Gasteiger partial charge on any atom is 0.224 e. The third-order valence-electron chi connectivity index (χ3n) is 4.89. The molecular weight excluding hydrogens is 362 g/mol. The van der Waals surface area contributed by atoms with Gasteiger partial charge >= 0.3 is 0 Å². The number of rotatable bonds is 5. The second-order valence-corrected chi connectivity index (χ2v) is 9.88. The van der Waals surface area contributed by atoms with Gasteiger partial charge in [-0.05, 0) is 60.4 Å². The number of anilines is 2. The van der Waals surface area contributed by atoms with Gasteiger partial charge < -0.3 is 16.2 Å². The molecule has 0 fully saturated rings. The molecule has 0 radical (unpaired) electrons. The second-order valence-electron chi connectivity index (χ2n) is 9.88. The summed E-state index contributed by atoms with van der Waals surface area (Å²) in [4.78, 5) is 16.8. The van der Waals surface area contributed by atoms with E-state index in [9.17, 15) is 9.90 Å². The fraction of sp³-hybridized carbons (Fsp3) is 0.500. The highest BCUT2D eigenvalue weighted by atomic mass is 16.3. The summed E-state index contributed by atoms with van der Waals surface area (Å²) in [7, 11) is 0. The van der Waals surface area contributed by atoms with Gasteiger partial charge in [-0.3, -0.25) is 4.79 Å². The number of nitrogens with one attached hydrogen (secondary N) is 1. The van der Waals surface area contributed by atoms with Crippen LogP contribution in [-0.4, -0.2) is 16.0 Å². The Balaban J connectivity index is 2.13. The summed E-state index contributed by atoms with van der Waals surface area (Å²) in [6.45, 7) is 14.3. The van der Waals surface area contributed by atoms with Gasteiger partial charge in [0.15, 0.2) is 0 Å². The number of phenols is 1. The van der Waals surface area contributed by atoms with Crippen molar-refractivity contribution in [3.8, 4) is 5.75 Å². The quantitative estimate of drug-likeness (QED) is 0.602. The topological polar surface area (TPSA) is 88.2 Å². The van der Waals surface area contributed by atoms with Crippen molar-refractivity contribution in [2.75, 3.05) is 11.1 Å². The lowest BCUT2D eigenvalue weighted by molar-refractivity contribution is -0.116. The third kappa shape index (κ3) is 6.21. The molecule has 5 heteroatoms. The third-order valence-corrected chi connectivity index (χ3v) is 4.89. The van der Waals surface area contributed by atoms with Crippen molar-refractivity contribution in [2.45, 2.75) is 78.6 Å². The van der Waals surface area contributed by atoms with E-state index >= 15 is 0 Å². The van der Waals surface area contributed by atoms with E-state index < -0.39 is 0 Å². The molecule has 0 aliphatic rings. The number of carbonyl (C=O) groups excluding carboxylic acids is 1. The normalized spacial score (nSPS) is 12.1. The van der Waals surface area contributed by atoms with Crippen molar-refractivity contribution >= 4 is 17.4 Å². The van der Waals surface area contributed by atoms with Crippen LogP contribution in [0.4, 0.5) is 11.5 Å². The van der Waals surface area contributed by atoms with Crippen LogP contribution in [0.2, 0.25) is 0 Å². The van der Waals surface area contributed by atoms with E-state index in [-0.39, 0.29) is 16.7 Å². The van der Waals surface area contributed by atoms with Crippen molar-refractivity contribution in [3.63, 3.8) is 0 Å². The van der Waals surface area contributed by atoms with Crippen LogP contribution in [0.15, 0.2) is 24.3 Å². The zero-order chi connectivity index (χ0) is 22.0. The minimum atomic E-state index is -0.235. The van der Waals surface area contributed by atoms with Crippen molar-refractivity contribution < 1.29 is 9.90 Å². The van der Waals surface area contributed by atoms with Gasteiger partial charge in [-0.15, -0.1) is 0 Å².